The average molecular weight is 242 g/mol. The van der Waals surface area contributed by atoms with E-state index in [1.54, 1.807) is 0 Å². The second kappa shape index (κ2) is 5.63. The number of Topliss-reactive ketones (excluding diaryl/α,β-unsaturated/α-hetero) is 1. The van der Waals surface area contributed by atoms with E-state index in [1.165, 1.54) is 5.56 Å². The zero-order valence-electron chi connectivity index (χ0n) is 10.8. The van der Waals surface area contributed by atoms with Crippen LogP contribution < -0.4 is 0 Å². The van der Waals surface area contributed by atoms with Crippen molar-refractivity contribution in [2.24, 2.45) is 5.92 Å². The standard InChI is InChI=1S/C15H18N2O/c1-3-11(2)15(18)14-10-13(16-17-14)9-12-7-5-4-6-8-12/h4-8,10-11H,3,9H2,1-2H3,(H,16,17). The number of benzene rings is 1. The molecule has 0 aliphatic carbocycles. The first-order valence-electron chi connectivity index (χ1n) is 6.33. The maximum absolute atomic E-state index is 12.0. The van der Waals surface area contributed by atoms with Crippen LogP contribution in [-0.2, 0) is 6.42 Å². The first-order chi connectivity index (χ1) is 8.70. The lowest BCUT2D eigenvalue weighted by atomic mass is 10.0. The van der Waals surface area contributed by atoms with Crippen molar-refractivity contribution in [2.75, 3.05) is 0 Å². The van der Waals surface area contributed by atoms with Crippen LogP contribution in [0.5, 0.6) is 0 Å². The number of hydrogen-bond acceptors (Lipinski definition) is 2. The van der Waals surface area contributed by atoms with Gasteiger partial charge in [-0.05, 0) is 18.1 Å². The Balaban J connectivity index is 2.09. The number of ketones is 1. The van der Waals surface area contributed by atoms with Crippen LogP contribution >= 0.6 is 0 Å². The van der Waals surface area contributed by atoms with E-state index in [4.69, 9.17) is 0 Å². The summed E-state index contributed by atoms with van der Waals surface area (Å²) in [6.07, 6.45) is 1.63. The van der Waals surface area contributed by atoms with Crippen molar-refractivity contribution in [3.63, 3.8) is 0 Å². The number of nitrogens with zero attached hydrogens (tertiary/aromatic N) is 1. The maximum Gasteiger partial charge on any atom is 0.185 e. The average Bonchev–Trinajstić information content (AvgIpc) is 2.86. The molecule has 1 unspecified atom stereocenters. The Morgan fingerprint density at radius 3 is 2.72 bits per heavy atom. The predicted octanol–water partition coefficient (Wildman–Crippen LogP) is 3.23. The van der Waals surface area contributed by atoms with Gasteiger partial charge in [-0.3, -0.25) is 9.89 Å². The molecule has 0 saturated heterocycles. The van der Waals surface area contributed by atoms with Gasteiger partial charge in [0.05, 0.1) is 0 Å². The molecule has 1 N–H and O–H groups in total. The molecular formula is C15H18N2O. The lowest BCUT2D eigenvalue weighted by Gasteiger charge is -2.02. The van der Waals surface area contributed by atoms with Crippen LogP contribution in [0.3, 0.4) is 0 Å². The van der Waals surface area contributed by atoms with E-state index >= 15 is 0 Å². The van der Waals surface area contributed by atoms with Gasteiger partial charge in [-0.15, -0.1) is 0 Å². The number of aromatic nitrogens is 2. The highest BCUT2D eigenvalue weighted by Gasteiger charge is 2.16. The Labute approximate surface area is 107 Å². The van der Waals surface area contributed by atoms with E-state index in [9.17, 15) is 4.79 Å². The van der Waals surface area contributed by atoms with Crippen molar-refractivity contribution in [2.45, 2.75) is 26.7 Å². The first-order valence-corrected chi connectivity index (χ1v) is 6.33. The van der Waals surface area contributed by atoms with E-state index in [1.807, 2.05) is 38.1 Å². The Morgan fingerprint density at radius 2 is 2.06 bits per heavy atom. The summed E-state index contributed by atoms with van der Waals surface area (Å²) < 4.78 is 0. The molecule has 1 aromatic heterocycles. The van der Waals surface area contributed by atoms with Gasteiger partial charge in [0.2, 0.25) is 0 Å². The quantitative estimate of drug-likeness (QED) is 0.818. The summed E-state index contributed by atoms with van der Waals surface area (Å²) >= 11 is 0. The first kappa shape index (κ1) is 12.6. The summed E-state index contributed by atoms with van der Waals surface area (Å²) in [6, 6.07) is 12.0. The molecule has 2 aromatic rings. The summed E-state index contributed by atoms with van der Waals surface area (Å²) in [5.41, 5.74) is 2.74. The smallest absolute Gasteiger partial charge is 0.185 e. The van der Waals surface area contributed by atoms with Crippen molar-refractivity contribution in [1.82, 2.24) is 10.2 Å². The van der Waals surface area contributed by atoms with Gasteiger partial charge in [-0.2, -0.15) is 5.10 Å². The SMILES string of the molecule is CCC(C)C(=O)c1cc(Cc2ccccc2)[nH]n1. The van der Waals surface area contributed by atoms with Crippen molar-refractivity contribution in [3.05, 3.63) is 53.3 Å². The second-order valence-electron chi connectivity index (χ2n) is 4.61. The van der Waals surface area contributed by atoms with Gasteiger partial charge in [0.25, 0.3) is 0 Å². The number of carbonyl (C=O) groups excluding carboxylic acids is 1. The summed E-state index contributed by atoms with van der Waals surface area (Å²) in [5, 5.41) is 7.05. The molecule has 2 rings (SSSR count). The van der Waals surface area contributed by atoms with E-state index in [-0.39, 0.29) is 11.7 Å². The van der Waals surface area contributed by atoms with E-state index in [2.05, 4.69) is 22.3 Å². The van der Waals surface area contributed by atoms with Crippen LogP contribution in [0, 0.1) is 5.92 Å². The number of hydrogen-bond donors (Lipinski definition) is 1. The summed E-state index contributed by atoms with van der Waals surface area (Å²) in [5.74, 6) is 0.158. The van der Waals surface area contributed by atoms with Crippen LogP contribution in [0.4, 0.5) is 0 Å². The van der Waals surface area contributed by atoms with Gasteiger partial charge >= 0.3 is 0 Å². The monoisotopic (exact) mass is 242 g/mol. The van der Waals surface area contributed by atoms with E-state index in [0.29, 0.717) is 5.69 Å². The Hall–Kier alpha value is -1.90. The van der Waals surface area contributed by atoms with Crippen molar-refractivity contribution >= 4 is 5.78 Å². The minimum Gasteiger partial charge on any atom is -0.292 e. The Bertz CT molecular complexity index is 516. The predicted molar refractivity (Wildman–Crippen MR) is 71.6 cm³/mol. The molecule has 0 aliphatic rings. The van der Waals surface area contributed by atoms with Gasteiger partial charge in [0, 0.05) is 18.0 Å². The Kier molecular flexibility index (Phi) is 3.92. The highest BCUT2D eigenvalue weighted by Crippen LogP contribution is 2.13. The summed E-state index contributed by atoms with van der Waals surface area (Å²) in [6.45, 7) is 3.95. The fraction of sp³-hybridized carbons (Fsp3) is 0.333. The molecule has 94 valence electrons. The second-order valence-corrected chi connectivity index (χ2v) is 4.61. The molecule has 0 saturated carbocycles. The molecule has 1 aromatic carbocycles. The summed E-state index contributed by atoms with van der Waals surface area (Å²) in [7, 11) is 0. The fourth-order valence-electron chi connectivity index (χ4n) is 1.83. The number of nitrogens with one attached hydrogen (secondary N) is 1. The van der Waals surface area contributed by atoms with Crippen LogP contribution in [-0.4, -0.2) is 16.0 Å². The minimum atomic E-state index is 0.0397. The molecule has 18 heavy (non-hydrogen) atoms. The number of aromatic amines is 1. The minimum absolute atomic E-state index is 0.0397. The van der Waals surface area contributed by atoms with Crippen LogP contribution in [0.1, 0.15) is 42.0 Å². The van der Waals surface area contributed by atoms with Crippen molar-refractivity contribution < 1.29 is 4.79 Å². The molecule has 3 heteroatoms. The third-order valence-electron chi connectivity index (χ3n) is 3.18. The molecule has 0 bridgehead atoms. The third kappa shape index (κ3) is 2.86. The zero-order chi connectivity index (χ0) is 13.0. The van der Waals surface area contributed by atoms with Gasteiger partial charge in [0.1, 0.15) is 5.69 Å². The lowest BCUT2D eigenvalue weighted by molar-refractivity contribution is 0.0922. The molecule has 0 spiro atoms. The summed E-state index contributed by atoms with van der Waals surface area (Å²) in [4.78, 5) is 12.0. The topological polar surface area (TPSA) is 45.8 Å². The third-order valence-corrected chi connectivity index (χ3v) is 3.18. The molecule has 0 fully saturated rings. The lowest BCUT2D eigenvalue weighted by Crippen LogP contribution is -2.10. The van der Waals surface area contributed by atoms with Crippen LogP contribution in [0.25, 0.3) is 0 Å². The van der Waals surface area contributed by atoms with E-state index in [0.717, 1.165) is 18.5 Å². The van der Waals surface area contributed by atoms with Crippen molar-refractivity contribution in [3.8, 4) is 0 Å². The van der Waals surface area contributed by atoms with Gasteiger partial charge < -0.3 is 0 Å². The van der Waals surface area contributed by atoms with Gasteiger partial charge in [-0.25, -0.2) is 0 Å². The molecule has 0 aliphatic heterocycles. The highest BCUT2D eigenvalue weighted by molar-refractivity contribution is 5.95. The van der Waals surface area contributed by atoms with Crippen LogP contribution in [0.2, 0.25) is 0 Å². The molecule has 3 nitrogen and oxygen atoms in total. The van der Waals surface area contributed by atoms with Gasteiger partial charge in [-0.1, -0.05) is 44.2 Å². The number of rotatable bonds is 5. The highest BCUT2D eigenvalue weighted by atomic mass is 16.1. The van der Waals surface area contributed by atoms with Crippen LogP contribution in [0.15, 0.2) is 36.4 Å². The van der Waals surface area contributed by atoms with E-state index < -0.39 is 0 Å². The molecule has 0 radical (unpaired) electrons. The largest absolute Gasteiger partial charge is 0.292 e. The number of H-pyrrole nitrogens is 1. The normalized spacial score (nSPS) is 12.3. The number of carbonyl (C=O) groups is 1. The molecular weight excluding hydrogens is 224 g/mol. The molecule has 0 amide bonds. The maximum atomic E-state index is 12.0. The van der Waals surface area contributed by atoms with Crippen molar-refractivity contribution in [1.29, 1.82) is 0 Å². The van der Waals surface area contributed by atoms with Gasteiger partial charge in [0.15, 0.2) is 5.78 Å². The fourth-order valence-corrected chi connectivity index (χ4v) is 1.83. The zero-order valence-corrected chi connectivity index (χ0v) is 10.8. The molecule has 1 atom stereocenters. The Morgan fingerprint density at radius 1 is 1.33 bits per heavy atom. The molecule has 1 heterocycles.